The molecule has 1 aromatic carbocycles. The number of halogens is 1. The molecule has 0 unspecified atom stereocenters. The van der Waals surface area contributed by atoms with Crippen LogP contribution in [-0.4, -0.2) is 16.4 Å². The molecule has 0 radical (unpaired) electrons. The Morgan fingerprint density at radius 2 is 1.91 bits per heavy atom. The van der Waals surface area contributed by atoms with E-state index in [1.165, 1.54) is 5.56 Å². The molecule has 1 aromatic heterocycles. The maximum Gasteiger partial charge on any atom is 0.119 e. The minimum absolute atomic E-state index is 0. The number of aromatic nitrogens is 2. The van der Waals surface area contributed by atoms with Crippen LogP contribution < -0.4 is 10.1 Å². The van der Waals surface area contributed by atoms with Crippen molar-refractivity contribution in [3.05, 3.63) is 41.7 Å². The summed E-state index contributed by atoms with van der Waals surface area (Å²) in [6, 6.07) is 8.20. The van der Waals surface area contributed by atoms with Gasteiger partial charge in [-0.2, -0.15) is 5.10 Å². The van der Waals surface area contributed by atoms with Crippen molar-refractivity contribution in [2.24, 2.45) is 5.92 Å². The summed E-state index contributed by atoms with van der Waals surface area (Å²) in [6.45, 7) is 10.9. The molecular formula is C17H26ClN3O. The number of aryl methyl sites for hydroxylation is 1. The third-order valence-electron chi connectivity index (χ3n) is 3.22. The summed E-state index contributed by atoms with van der Waals surface area (Å²) in [5.41, 5.74) is 3.38. The molecule has 0 saturated carbocycles. The molecule has 0 atom stereocenters. The second kappa shape index (κ2) is 8.69. The van der Waals surface area contributed by atoms with E-state index in [0.717, 1.165) is 30.2 Å². The van der Waals surface area contributed by atoms with Crippen molar-refractivity contribution in [2.75, 3.05) is 11.9 Å². The Bertz CT molecular complexity index is 564. The van der Waals surface area contributed by atoms with Crippen molar-refractivity contribution >= 4 is 18.1 Å². The summed E-state index contributed by atoms with van der Waals surface area (Å²) in [5.74, 6) is 1.52. The number of anilines is 1. The second-order valence-corrected chi connectivity index (χ2v) is 5.67. The summed E-state index contributed by atoms with van der Waals surface area (Å²) >= 11 is 0. The van der Waals surface area contributed by atoms with E-state index in [-0.39, 0.29) is 12.4 Å². The number of hydrogen-bond donors (Lipinski definition) is 1. The first kappa shape index (κ1) is 18.4. The lowest BCUT2D eigenvalue weighted by Gasteiger charge is -2.07. The van der Waals surface area contributed by atoms with Crippen molar-refractivity contribution in [1.82, 2.24) is 9.78 Å². The van der Waals surface area contributed by atoms with Crippen LogP contribution in [0.25, 0.3) is 0 Å². The number of nitrogens with one attached hydrogen (secondary N) is 1. The summed E-state index contributed by atoms with van der Waals surface area (Å²) in [5, 5.41) is 7.99. The molecule has 2 rings (SSSR count). The van der Waals surface area contributed by atoms with Crippen LogP contribution in [0.2, 0.25) is 0 Å². The Balaban J connectivity index is 0.00000242. The molecule has 0 aliphatic carbocycles. The highest BCUT2D eigenvalue weighted by Gasteiger charge is 2.06. The number of rotatable bonds is 7. The van der Waals surface area contributed by atoms with Crippen molar-refractivity contribution in [3.63, 3.8) is 0 Å². The van der Waals surface area contributed by atoms with Gasteiger partial charge in [0.1, 0.15) is 5.75 Å². The van der Waals surface area contributed by atoms with E-state index in [1.807, 2.05) is 30.7 Å². The molecule has 0 amide bonds. The van der Waals surface area contributed by atoms with Gasteiger partial charge in [-0.1, -0.05) is 26.0 Å². The van der Waals surface area contributed by atoms with Gasteiger partial charge in [-0.15, -0.1) is 12.4 Å². The first-order valence-electron chi connectivity index (χ1n) is 7.58. The molecule has 1 N–H and O–H groups in total. The molecule has 0 saturated heterocycles. The molecule has 1 heterocycles. The van der Waals surface area contributed by atoms with Crippen LogP contribution in [0, 0.1) is 12.8 Å². The molecule has 0 fully saturated rings. The van der Waals surface area contributed by atoms with E-state index in [4.69, 9.17) is 4.74 Å². The molecule has 0 aliphatic rings. The minimum atomic E-state index is 0. The van der Waals surface area contributed by atoms with Gasteiger partial charge >= 0.3 is 0 Å². The molecule has 0 aliphatic heterocycles. The lowest BCUT2D eigenvalue weighted by Crippen LogP contribution is -2.04. The largest absolute Gasteiger partial charge is 0.494 e. The van der Waals surface area contributed by atoms with Crippen LogP contribution in [0.3, 0.4) is 0 Å². The van der Waals surface area contributed by atoms with Crippen LogP contribution >= 0.6 is 12.4 Å². The van der Waals surface area contributed by atoms with Crippen molar-refractivity contribution in [2.45, 2.75) is 40.8 Å². The summed E-state index contributed by atoms with van der Waals surface area (Å²) < 4.78 is 7.46. The molecule has 5 heteroatoms. The summed E-state index contributed by atoms with van der Waals surface area (Å²) in [6.07, 6.45) is 2.09. The minimum Gasteiger partial charge on any atom is -0.494 e. The maximum absolute atomic E-state index is 5.45. The van der Waals surface area contributed by atoms with Gasteiger partial charge in [0.25, 0.3) is 0 Å². The third kappa shape index (κ3) is 5.26. The molecule has 2 aromatic rings. The second-order valence-electron chi connectivity index (χ2n) is 5.67. The zero-order valence-corrected chi connectivity index (χ0v) is 14.6. The van der Waals surface area contributed by atoms with Gasteiger partial charge in [0.15, 0.2) is 0 Å². The highest BCUT2D eigenvalue weighted by molar-refractivity contribution is 5.85. The number of nitrogens with zero attached hydrogens (tertiary/aromatic N) is 2. The average Bonchev–Trinajstić information content (AvgIpc) is 2.77. The first-order valence-corrected chi connectivity index (χ1v) is 7.58. The highest BCUT2D eigenvalue weighted by atomic mass is 35.5. The smallest absolute Gasteiger partial charge is 0.119 e. The molecule has 22 heavy (non-hydrogen) atoms. The maximum atomic E-state index is 5.45. The molecule has 0 bridgehead atoms. The van der Waals surface area contributed by atoms with Crippen LogP contribution in [-0.2, 0) is 13.1 Å². The quantitative estimate of drug-likeness (QED) is 0.826. The molecule has 4 nitrogen and oxygen atoms in total. The van der Waals surface area contributed by atoms with Crippen molar-refractivity contribution in [3.8, 4) is 5.75 Å². The Kier molecular flexibility index (Phi) is 7.25. The number of ether oxygens (including phenoxy) is 1. The average molecular weight is 324 g/mol. The van der Waals surface area contributed by atoms with Gasteiger partial charge in [0.2, 0.25) is 0 Å². The third-order valence-corrected chi connectivity index (χ3v) is 3.22. The predicted molar refractivity (Wildman–Crippen MR) is 94.0 cm³/mol. The number of hydrogen-bond acceptors (Lipinski definition) is 3. The van der Waals surface area contributed by atoms with E-state index in [1.54, 1.807) is 0 Å². The first-order chi connectivity index (χ1) is 10.1. The predicted octanol–water partition coefficient (Wildman–Crippen LogP) is 4.28. The van der Waals surface area contributed by atoms with Gasteiger partial charge in [0, 0.05) is 19.3 Å². The van der Waals surface area contributed by atoms with Crippen molar-refractivity contribution < 1.29 is 4.74 Å². The standard InChI is InChI=1S/C17H25N3O.ClH/c1-5-21-16-8-6-15(7-9-16)10-18-17-12-20(11-13(2)3)19-14(17)4;/h6-9,12-13,18H,5,10-11H2,1-4H3;1H. The van der Waals surface area contributed by atoms with Gasteiger partial charge in [-0.25, -0.2) is 0 Å². The van der Waals surface area contributed by atoms with E-state index in [9.17, 15) is 0 Å². The van der Waals surface area contributed by atoms with Crippen LogP contribution in [0.5, 0.6) is 5.75 Å². The van der Waals surface area contributed by atoms with E-state index in [2.05, 4.69) is 42.6 Å². The molecule has 122 valence electrons. The van der Waals surface area contributed by atoms with Crippen LogP contribution in [0.4, 0.5) is 5.69 Å². The van der Waals surface area contributed by atoms with E-state index >= 15 is 0 Å². The normalized spacial score (nSPS) is 10.4. The van der Waals surface area contributed by atoms with Crippen LogP contribution in [0.1, 0.15) is 32.0 Å². The Morgan fingerprint density at radius 1 is 1.23 bits per heavy atom. The van der Waals surface area contributed by atoms with E-state index in [0.29, 0.717) is 12.5 Å². The zero-order valence-electron chi connectivity index (χ0n) is 13.8. The topological polar surface area (TPSA) is 39.1 Å². The lowest BCUT2D eigenvalue weighted by atomic mass is 10.2. The SMILES string of the molecule is CCOc1ccc(CNc2cn(CC(C)C)nc2C)cc1.Cl. The summed E-state index contributed by atoms with van der Waals surface area (Å²) in [4.78, 5) is 0. The van der Waals surface area contributed by atoms with Gasteiger partial charge < -0.3 is 10.1 Å². The Morgan fingerprint density at radius 3 is 2.50 bits per heavy atom. The fourth-order valence-electron chi connectivity index (χ4n) is 2.23. The number of benzene rings is 1. The Labute approximate surface area is 139 Å². The zero-order chi connectivity index (χ0) is 15.2. The van der Waals surface area contributed by atoms with Gasteiger partial charge in [0.05, 0.1) is 18.0 Å². The van der Waals surface area contributed by atoms with E-state index < -0.39 is 0 Å². The molecule has 0 spiro atoms. The summed E-state index contributed by atoms with van der Waals surface area (Å²) in [7, 11) is 0. The van der Waals surface area contributed by atoms with Gasteiger partial charge in [-0.05, 0) is 37.5 Å². The Hall–Kier alpha value is -1.68. The fourth-order valence-corrected chi connectivity index (χ4v) is 2.23. The van der Waals surface area contributed by atoms with Crippen LogP contribution in [0.15, 0.2) is 30.5 Å². The monoisotopic (exact) mass is 323 g/mol. The molecular weight excluding hydrogens is 298 g/mol. The fraction of sp³-hybridized carbons (Fsp3) is 0.471. The van der Waals surface area contributed by atoms with Crippen molar-refractivity contribution in [1.29, 1.82) is 0 Å². The lowest BCUT2D eigenvalue weighted by molar-refractivity contribution is 0.340. The van der Waals surface area contributed by atoms with Gasteiger partial charge in [-0.3, -0.25) is 4.68 Å². The highest BCUT2D eigenvalue weighted by Crippen LogP contribution is 2.17.